The first kappa shape index (κ1) is 22.5. The van der Waals surface area contributed by atoms with E-state index in [1.54, 1.807) is 43.4 Å². The fourth-order valence-electron chi connectivity index (χ4n) is 2.89. The Kier molecular flexibility index (Phi) is 7.90. The molecule has 0 bridgehead atoms. The lowest BCUT2D eigenvalue weighted by Crippen LogP contribution is -2.55. The summed E-state index contributed by atoms with van der Waals surface area (Å²) in [6.07, 6.45) is 3.72. The zero-order valence-electron chi connectivity index (χ0n) is 17.3. The third-order valence-electron chi connectivity index (χ3n) is 4.95. The molecule has 0 saturated carbocycles. The standard InChI is InChI=1S/C21H29FN4O3/c1-14(2)19(24-20(28)15(3)23-4)21(29)26-12-11-25(18(27)13-26)10-9-16-5-7-17(22)8-6-16/h5-8,11-12,14-15,19,23H,9-10,13H2,1-4H3,(H,24,28)/t15-,19-/m0/s1. The summed E-state index contributed by atoms with van der Waals surface area (Å²) < 4.78 is 13.0. The molecule has 2 N–H and O–H groups in total. The van der Waals surface area contributed by atoms with Gasteiger partial charge in [0.25, 0.3) is 0 Å². The van der Waals surface area contributed by atoms with Crippen molar-refractivity contribution >= 4 is 17.7 Å². The molecule has 29 heavy (non-hydrogen) atoms. The Morgan fingerprint density at radius 2 is 1.79 bits per heavy atom. The molecule has 1 aromatic rings. The summed E-state index contributed by atoms with van der Waals surface area (Å²) in [6, 6.07) is 5.00. The SMILES string of the molecule is CN[C@@H](C)C(=O)N[C@H](C(=O)N1C=CN(CCc2ccc(F)cc2)C(=O)C1)C(C)C. The summed E-state index contributed by atoms with van der Waals surface area (Å²) in [5.74, 6) is -1.23. The predicted molar refractivity (Wildman–Crippen MR) is 108 cm³/mol. The summed E-state index contributed by atoms with van der Waals surface area (Å²) >= 11 is 0. The predicted octanol–water partition coefficient (Wildman–Crippen LogP) is 1.26. The summed E-state index contributed by atoms with van der Waals surface area (Å²) in [4.78, 5) is 40.4. The molecular weight excluding hydrogens is 375 g/mol. The van der Waals surface area contributed by atoms with Crippen LogP contribution in [0.25, 0.3) is 0 Å². The third kappa shape index (κ3) is 6.12. The highest BCUT2D eigenvalue weighted by Crippen LogP contribution is 2.13. The van der Waals surface area contributed by atoms with Gasteiger partial charge in [0.1, 0.15) is 18.4 Å². The molecule has 1 aromatic carbocycles. The molecule has 0 aromatic heterocycles. The van der Waals surface area contributed by atoms with Crippen LogP contribution in [-0.4, -0.2) is 59.7 Å². The van der Waals surface area contributed by atoms with E-state index in [2.05, 4.69) is 10.6 Å². The average molecular weight is 404 g/mol. The van der Waals surface area contributed by atoms with Crippen LogP contribution < -0.4 is 10.6 Å². The van der Waals surface area contributed by atoms with Crippen LogP contribution in [0.5, 0.6) is 0 Å². The van der Waals surface area contributed by atoms with Crippen LogP contribution in [0, 0.1) is 11.7 Å². The Morgan fingerprint density at radius 1 is 1.14 bits per heavy atom. The number of carbonyl (C=O) groups excluding carboxylic acids is 3. The number of amides is 3. The van der Waals surface area contributed by atoms with Crippen molar-refractivity contribution in [2.24, 2.45) is 5.92 Å². The molecule has 8 heteroatoms. The number of rotatable bonds is 8. The maximum absolute atomic E-state index is 13.0. The molecule has 0 unspecified atom stereocenters. The molecule has 1 aliphatic heterocycles. The molecule has 0 spiro atoms. The second-order valence-electron chi connectivity index (χ2n) is 7.47. The van der Waals surface area contributed by atoms with Gasteiger partial charge in [-0.15, -0.1) is 0 Å². The normalized spacial score (nSPS) is 16.1. The lowest BCUT2D eigenvalue weighted by Gasteiger charge is -2.32. The molecular formula is C21H29FN4O3. The van der Waals surface area contributed by atoms with Crippen LogP contribution in [0.1, 0.15) is 26.3 Å². The minimum atomic E-state index is -0.721. The zero-order valence-corrected chi connectivity index (χ0v) is 17.3. The summed E-state index contributed by atoms with van der Waals surface area (Å²) in [6.45, 7) is 5.75. The second-order valence-corrected chi connectivity index (χ2v) is 7.47. The number of nitrogens with zero attached hydrogens (tertiary/aromatic N) is 2. The van der Waals surface area contributed by atoms with E-state index in [1.807, 2.05) is 13.8 Å². The van der Waals surface area contributed by atoms with Crippen LogP contribution in [0.15, 0.2) is 36.7 Å². The van der Waals surface area contributed by atoms with E-state index in [1.165, 1.54) is 17.0 Å². The number of nitrogens with one attached hydrogen (secondary N) is 2. The molecule has 0 aliphatic carbocycles. The van der Waals surface area contributed by atoms with Crippen molar-refractivity contribution in [2.45, 2.75) is 39.3 Å². The summed E-state index contributed by atoms with van der Waals surface area (Å²) in [5, 5.41) is 5.60. The highest BCUT2D eigenvalue weighted by Gasteiger charge is 2.32. The van der Waals surface area contributed by atoms with Crippen molar-refractivity contribution < 1.29 is 18.8 Å². The van der Waals surface area contributed by atoms with Gasteiger partial charge in [0.2, 0.25) is 17.7 Å². The zero-order chi connectivity index (χ0) is 21.6. The number of benzene rings is 1. The van der Waals surface area contributed by atoms with E-state index in [0.29, 0.717) is 13.0 Å². The second kappa shape index (κ2) is 10.2. The first-order valence-electron chi connectivity index (χ1n) is 9.73. The minimum Gasteiger partial charge on any atom is -0.343 e. The molecule has 3 amide bonds. The monoisotopic (exact) mass is 404 g/mol. The summed E-state index contributed by atoms with van der Waals surface area (Å²) in [5.41, 5.74) is 0.923. The Morgan fingerprint density at radius 3 is 2.34 bits per heavy atom. The number of likely N-dealkylation sites (N-methyl/N-ethyl adjacent to an activating group) is 1. The quantitative estimate of drug-likeness (QED) is 0.684. The Balaban J connectivity index is 1.99. The van der Waals surface area contributed by atoms with Crippen molar-refractivity contribution in [1.82, 2.24) is 20.4 Å². The van der Waals surface area contributed by atoms with Gasteiger partial charge in [-0.05, 0) is 44.0 Å². The molecule has 158 valence electrons. The van der Waals surface area contributed by atoms with Gasteiger partial charge >= 0.3 is 0 Å². The highest BCUT2D eigenvalue weighted by molar-refractivity contribution is 5.93. The molecule has 0 fully saturated rings. The van der Waals surface area contributed by atoms with Crippen LogP contribution in [0.2, 0.25) is 0 Å². The van der Waals surface area contributed by atoms with Crippen LogP contribution >= 0.6 is 0 Å². The van der Waals surface area contributed by atoms with Crippen LogP contribution in [-0.2, 0) is 20.8 Å². The van der Waals surface area contributed by atoms with Gasteiger partial charge in [0.15, 0.2) is 0 Å². The minimum absolute atomic E-state index is 0.0839. The molecule has 1 heterocycles. The number of hydrogen-bond acceptors (Lipinski definition) is 4. The maximum atomic E-state index is 13.0. The first-order chi connectivity index (χ1) is 13.7. The van der Waals surface area contributed by atoms with Crippen molar-refractivity contribution in [1.29, 1.82) is 0 Å². The van der Waals surface area contributed by atoms with Crippen molar-refractivity contribution in [3.63, 3.8) is 0 Å². The Bertz CT molecular complexity index is 764. The molecule has 7 nitrogen and oxygen atoms in total. The fraction of sp³-hybridized carbons (Fsp3) is 0.476. The highest BCUT2D eigenvalue weighted by atomic mass is 19.1. The maximum Gasteiger partial charge on any atom is 0.249 e. The van der Waals surface area contributed by atoms with Crippen molar-refractivity contribution in [3.8, 4) is 0 Å². The Labute approximate surface area is 170 Å². The van der Waals surface area contributed by atoms with E-state index < -0.39 is 12.1 Å². The molecule has 0 radical (unpaired) electrons. The number of hydrogen-bond donors (Lipinski definition) is 2. The van der Waals surface area contributed by atoms with Gasteiger partial charge in [-0.25, -0.2) is 4.39 Å². The van der Waals surface area contributed by atoms with E-state index in [0.717, 1.165) is 5.56 Å². The fourth-order valence-corrected chi connectivity index (χ4v) is 2.89. The van der Waals surface area contributed by atoms with E-state index in [4.69, 9.17) is 0 Å². The third-order valence-corrected chi connectivity index (χ3v) is 4.95. The number of halogens is 1. The van der Waals surface area contributed by atoms with Gasteiger partial charge in [0.05, 0.1) is 6.04 Å². The topological polar surface area (TPSA) is 81.8 Å². The van der Waals surface area contributed by atoms with Crippen LogP contribution in [0.3, 0.4) is 0 Å². The van der Waals surface area contributed by atoms with Gasteiger partial charge in [0, 0.05) is 18.9 Å². The van der Waals surface area contributed by atoms with Crippen molar-refractivity contribution in [3.05, 3.63) is 48.0 Å². The molecule has 1 aliphatic rings. The first-order valence-corrected chi connectivity index (χ1v) is 9.73. The molecule has 0 saturated heterocycles. The largest absolute Gasteiger partial charge is 0.343 e. The number of carbonyl (C=O) groups is 3. The van der Waals surface area contributed by atoms with Crippen molar-refractivity contribution in [2.75, 3.05) is 20.1 Å². The molecule has 2 rings (SSSR count). The summed E-state index contributed by atoms with van der Waals surface area (Å²) in [7, 11) is 1.67. The van der Waals surface area contributed by atoms with Gasteiger partial charge in [-0.1, -0.05) is 26.0 Å². The average Bonchev–Trinajstić information content (AvgIpc) is 2.70. The van der Waals surface area contributed by atoms with E-state index >= 15 is 0 Å². The lowest BCUT2D eigenvalue weighted by molar-refractivity contribution is -0.141. The smallest absolute Gasteiger partial charge is 0.249 e. The van der Waals surface area contributed by atoms with Gasteiger partial charge in [-0.2, -0.15) is 0 Å². The molecule has 2 atom stereocenters. The van der Waals surface area contributed by atoms with Gasteiger partial charge in [-0.3, -0.25) is 14.4 Å². The van der Waals surface area contributed by atoms with Crippen LogP contribution in [0.4, 0.5) is 4.39 Å². The van der Waals surface area contributed by atoms with Gasteiger partial charge < -0.3 is 20.4 Å². The lowest BCUT2D eigenvalue weighted by atomic mass is 10.0. The van der Waals surface area contributed by atoms with E-state index in [9.17, 15) is 18.8 Å². The van der Waals surface area contributed by atoms with E-state index in [-0.39, 0.29) is 36.0 Å². The Hall–Kier alpha value is -2.74.